The van der Waals surface area contributed by atoms with Crippen molar-refractivity contribution >= 4 is 17.6 Å². The zero-order chi connectivity index (χ0) is 15.9. The Labute approximate surface area is 131 Å². The zero-order valence-electron chi connectivity index (χ0n) is 11.9. The van der Waals surface area contributed by atoms with Crippen LogP contribution in [0, 0.1) is 5.82 Å². The predicted octanol–water partition coefficient (Wildman–Crippen LogP) is 3.04. The third-order valence-corrected chi connectivity index (χ3v) is 4.12. The Kier molecular flexibility index (Phi) is 3.74. The lowest BCUT2D eigenvalue weighted by Crippen LogP contribution is -2.24. The number of hydrogen-bond acceptors (Lipinski definition) is 3. The molecule has 0 unspecified atom stereocenters. The highest BCUT2D eigenvalue weighted by molar-refractivity contribution is 6.31. The first kappa shape index (κ1) is 14.8. The molecule has 3 rings (SSSR count). The second-order valence-electron chi connectivity index (χ2n) is 5.10. The molecule has 0 spiro atoms. The molecule has 2 heterocycles. The second-order valence-corrected chi connectivity index (χ2v) is 5.51. The van der Waals surface area contributed by atoms with E-state index in [1.165, 1.54) is 31.4 Å². The number of nitrogens with zero attached hydrogens (tertiary/aromatic N) is 1. The molecule has 1 aromatic carbocycles. The zero-order valence-corrected chi connectivity index (χ0v) is 12.6. The lowest BCUT2D eigenvalue weighted by molar-refractivity contribution is 0.0598. The van der Waals surface area contributed by atoms with E-state index in [2.05, 4.69) is 0 Å². The number of fused-ring (bicyclic) bond motifs is 1. The number of carbonyl (C=O) groups excluding carboxylic acids is 1. The van der Waals surface area contributed by atoms with E-state index >= 15 is 0 Å². The van der Waals surface area contributed by atoms with Gasteiger partial charge in [0.2, 0.25) is 0 Å². The summed E-state index contributed by atoms with van der Waals surface area (Å²) in [6, 6.07) is 5.57. The maximum Gasteiger partial charge on any atom is 0.339 e. The summed E-state index contributed by atoms with van der Waals surface area (Å²) in [6.07, 6.45) is 1.46. The molecule has 114 valence electrons. The van der Waals surface area contributed by atoms with E-state index in [9.17, 15) is 14.0 Å². The van der Waals surface area contributed by atoms with Crippen molar-refractivity contribution in [3.63, 3.8) is 0 Å². The van der Waals surface area contributed by atoms with Crippen LogP contribution in [0.2, 0.25) is 5.02 Å². The average Bonchev–Trinajstić information content (AvgIpc) is 3.00. The maximum atomic E-state index is 13.3. The van der Waals surface area contributed by atoms with Crippen LogP contribution in [0.1, 0.15) is 22.5 Å². The van der Waals surface area contributed by atoms with Crippen LogP contribution in [0.3, 0.4) is 0 Å². The Bertz CT molecular complexity index is 829. The molecule has 1 aliphatic rings. The van der Waals surface area contributed by atoms with Gasteiger partial charge in [0.05, 0.1) is 17.7 Å². The van der Waals surface area contributed by atoms with Crippen molar-refractivity contribution < 1.29 is 13.9 Å². The third kappa shape index (κ3) is 2.31. The van der Waals surface area contributed by atoms with Gasteiger partial charge in [0, 0.05) is 17.8 Å². The Hall–Kier alpha value is -2.14. The molecule has 0 amide bonds. The number of carbonyl (C=O) groups is 1. The van der Waals surface area contributed by atoms with Crippen molar-refractivity contribution in [3.8, 4) is 11.1 Å². The molecule has 1 aliphatic heterocycles. The minimum absolute atomic E-state index is 0.0676. The SMILES string of the molecule is COC(=O)c1cc(-c2ccc(F)c(Cl)c2)c(=O)n2c1CCC2. The largest absolute Gasteiger partial charge is 0.465 e. The highest BCUT2D eigenvalue weighted by atomic mass is 35.5. The third-order valence-electron chi connectivity index (χ3n) is 3.83. The first-order chi connectivity index (χ1) is 10.5. The second kappa shape index (κ2) is 5.57. The standard InChI is InChI=1S/C16H13ClFNO3/c1-22-16(21)11-8-10(9-4-5-13(18)12(17)7-9)15(20)19-6-2-3-14(11)19/h4-5,7-8H,2-3,6H2,1H3. The van der Waals surface area contributed by atoms with Crippen LogP contribution in [0.15, 0.2) is 29.1 Å². The first-order valence-electron chi connectivity index (χ1n) is 6.83. The quantitative estimate of drug-likeness (QED) is 0.799. The van der Waals surface area contributed by atoms with Gasteiger partial charge < -0.3 is 9.30 Å². The fourth-order valence-electron chi connectivity index (χ4n) is 2.77. The van der Waals surface area contributed by atoms with E-state index in [1.54, 1.807) is 4.57 Å². The Morgan fingerprint density at radius 3 is 2.82 bits per heavy atom. The molecule has 1 aromatic heterocycles. The van der Waals surface area contributed by atoms with E-state index in [-0.39, 0.29) is 10.6 Å². The summed E-state index contributed by atoms with van der Waals surface area (Å²) in [5.74, 6) is -1.04. The Morgan fingerprint density at radius 1 is 1.36 bits per heavy atom. The van der Waals surface area contributed by atoms with Crippen LogP contribution in [0.4, 0.5) is 4.39 Å². The fourth-order valence-corrected chi connectivity index (χ4v) is 2.95. The summed E-state index contributed by atoms with van der Waals surface area (Å²) < 4.78 is 19.7. The minimum atomic E-state index is -0.556. The van der Waals surface area contributed by atoms with Crippen LogP contribution in [0.25, 0.3) is 11.1 Å². The smallest absolute Gasteiger partial charge is 0.339 e. The van der Waals surface area contributed by atoms with Gasteiger partial charge in [-0.1, -0.05) is 17.7 Å². The molecule has 0 radical (unpaired) electrons. The van der Waals surface area contributed by atoms with Gasteiger partial charge in [-0.05, 0) is 36.6 Å². The molecule has 0 atom stereocenters. The maximum absolute atomic E-state index is 13.3. The van der Waals surface area contributed by atoms with Gasteiger partial charge in [-0.3, -0.25) is 4.79 Å². The number of aromatic nitrogens is 1. The van der Waals surface area contributed by atoms with Crippen LogP contribution in [-0.4, -0.2) is 17.6 Å². The number of pyridine rings is 1. The van der Waals surface area contributed by atoms with Crippen LogP contribution in [0.5, 0.6) is 0 Å². The predicted molar refractivity (Wildman–Crippen MR) is 80.8 cm³/mol. The molecule has 0 bridgehead atoms. The first-order valence-corrected chi connectivity index (χ1v) is 7.21. The Morgan fingerprint density at radius 2 is 2.14 bits per heavy atom. The summed E-state index contributed by atoms with van der Waals surface area (Å²) in [5.41, 5.74) is 1.64. The van der Waals surface area contributed by atoms with E-state index in [0.717, 1.165) is 6.42 Å². The van der Waals surface area contributed by atoms with Gasteiger partial charge in [0.15, 0.2) is 0 Å². The number of benzene rings is 1. The van der Waals surface area contributed by atoms with Crippen LogP contribution in [-0.2, 0) is 17.7 Å². The number of methoxy groups -OCH3 is 1. The van der Waals surface area contributed by atoms with Crippen molar-refractivity contribution in [2.45, 2.75) is 19.4 Å². The Balaban J connectivity index is 2.26. The molecule has 0 N–H and O–H groups in total. The van der Waals surface area contributed by atoms with Gasteiger partial charge >= 0.3 is 5.97 Å². The summed E-state index contributed by atoms with van der Waals surface area (Å²) in [6.45, 7) is 0.556. The number of esters is 1. The van der Waals surface area contributed by atoms with Crippen molar-refractivity contribution in [2.75, 3.05) is 7.11 Å². The fraction of sp³-hybridized carbons (Fsp3) is 0.250. The molecular weight excluding hydrogens is 309 g/mol. The highest BCUT2D eigenvalue weighted by Gasteiger charge is 2.24. The summed E-state index contributed by atoms with van der Waals surface area (Å²) in [7, 11) is 1.30. The highest BCUT2D eigenvalue weighted by Crippen LogP contribution is 2.26. The van der Waals surface area contributed by atoms with Gasteiger partial charge in [-0.2, -0.15) is 0 Å². The lowest BCUT2D eigenvalue weighted by atomic mass is 10.0. The molecule has 2 aromatic rings. The lowest BCUT2D eigenvalue weighted by Gasteiger charge is -2.12. The normalized spacial score (nSPS) is 13.0. The van der Waals surface area contributed by atoms with Crippen molar-refractivity contribution in [2.24, 2.45) is 0 Å². The van der Waals surface area contributed by atoms with E-state index < -0.39 is 11.8 Å². The average molecular weight is 322 g/mol. The van der Waals surface area contributed by atoms with E-state index in [1.807, 2.05) is 0 Å². The molecule has 6 heteroatoms. The summed E-state index contributed by atoms with van der Waals surface area (Å²) in [4.78, 5) is 24.6. The summed E-state index contributed by atoms with van der Waals surface area (Å²) >= 11 is 5.79. The molecule has 22 heavy (non-hydrogen) atoms. The number of rotatable bonds is 2. The van der Waals surface area contributed by atoms with Crippen molar-refractivity contribution in [1.82, 2.24) is 4.57 Å². The van der Waals surface area contributed by atoms with E-state index in [0.29, 0.717) is 35.3 Å². The van der Waals surface area contributed by atoms with Gasteiger partial charge in [-0.15, -0.1) is 0 Å². The van der Waals surface area contributed by atoms with Crippen molar-refractivity contribution in [1.29, 1.82) is 0 Å². The van der Waals surface area contributed by atoms with Crippen LogP contribution < -0.4 is 5.56 Å². The van der Waals surface area contributed by atoms with Gasteiger partial charge in [0.1, 0.15) is 5.82 Å². The number of hydrogen-bond donors (Lipinski definition) is 0. The molecule has 0 saturated carbocycles. The monoisotopic (exact) mass is 321 g/mol. The number of halogens is 2. The minimum Gasteiger partial charge on any atom is -0.465 e. The topological polar surface area (TPSA) is 48.3 Å². The van der Waals surface area contributed by atoms with E-state index in [4.69, 9.17) is 16.3 Å². The van der Waals surface area contributed by atoms with Gasteiger partial charge in [0.25, 0.3) is 5.56 Å². The van der Waals surface area contributed by atoms with Crippen molar-refractivity contribution in [3.05, 3.63) is 56.7 Å². The molecule has 0 aliphatic carbocycles. The molecule has 0 saturated heterocycles. The molecular formula is C16H13ClFNO3. The number of ether oxygens (including phenoxy) is 1. The molecule has 4 nitrogen and oxygen atoms in total. The van der Waals surface area contributed by atoms with Gasteiger partial charge in [-0.25, -0.2) is 9.18 Å². The summed E-state index contributed by atoms with van der Waals surface area (Å²) in [5, 5.41) is -0.0676. The van der Waals surface area contributed by atoms with Crippen LogP contribution >= 0.6 is 11.6 Å². The molecule has 0 fully saturated rings.